The van der Waals surface area contributed by atoms with Crippen LogP contribution in [0.25, 0.3) is 0 Å². The van der Waals surface area contributed by atoms with Crippen LogP contribution in [0.5, 0.6) is 0 Å². The Morgan fingerprint density at radius 3 is 2.67 bits per heavy atom. The summed E-state index contributed by atoms with van der Waals surface area (Å²) >= 11 is 0. The van der Waals surface area contributed by atoms with E-state index in [2.05, 4.69) is 17.6 Å². The lowest BCUT2D eigenvalue weighted by molar-refractivity contribution is -0.120. The Morgan fingerprint density at radius 2 is 2.25 bits per heavy atom. The maximum atomic E-state index is 11.2. The van der Waals surface area contributed by atoms with E-state index in [4.69, 9.17) is 0 Å². The molecule has 1 saturated heterocycles. The smallest absolute Gasteiger partial charge is 0.238 e. The van der Waals surface area contributed by atoms with Crippen molar-refractivity contribution in [2.24, 2.45) is 0 Å². The molecular formula is C9H18N2O. The van der Waals surface area contributed by atoms with Crippen molar-refractivity contribution in [1.29, 1.82) is 0 Å². The van der Waals surface area contributed by atoms with Crippen LogP contribution in [-0.2, 0) is 4.79 Å². The number of amides is 1. The fourth-order valence-electron chi connectivity index (χ4n) is 1.62. The molecule has 1 aliphatic heterocycles. The molecule has 2 atom stereocenters. The van der Waals surface area contributed by atoms with Crippen molar-refractivity contribution < 1.29 is 4.79 Å². The molecule has 12 heavy (non-hydrogen) atoms. The molecule has 0 aromatic heterocycles. The van der Waals surface area contributed by atoms with Gasteiger partial charge in [0, 0.05) is 0 Å². The topological polar surface area (TPSA) is 41.1 Å². The molecule has 0 aliphatic carbocycles. The van der Waals surface area contributed by atoms with Gasteiger partial charge in [0.25, 0.3) is 0 Å². The van der Waals surface area contributed by atoms with Crippen LogP contribution >= 0.6 is 0 Å². The first-order chi connectivity index (χ1) is 5.57. The van der Waals surface area contributed by atoms with E-state index < -0.39 is 0 Å². The summed E-state index contributed by atoms with van der Waals surface area (Å²) in [4.78, 5) is 11.2. The van der Waals surface area contributed by atoms with Crippen LogP contribution in [-0.4, -0.2) is 17.6 Å². The molecule has 0 radical (unpaired) electrons. The summed E-state index contributed by atoms with van der Waals surface area (Å²) in [5, 5.41) is 6.22. The average molecular weight is 170 g/mol. The molecule has 70 valence electrons. The highest BCUT2D eigenvalue weighted by Crippen LogP contribution is 2.16. The van der Waals surface area contributed by atoms with Gasteiger partial charge >= 0.3 is 0 Å². The molecule has 1 amide bonds. The fraction of sp³-hybridized carbons (Fsp3) is 0.889. The zero-order valence-corrected chi connectivity index (χ0v) is 8.11. The van der Waals surface area contributed by atoms with Crippen molar-refractivity contribution in [3.63, 3.8) is 0 Å². The van der Waals surface area contributed by atoms with Crippen LogP contribution < -0.4 is 10.6 Å². The van der Waals surface area contributed by atoms with Crippen molar-refractivity contribution in [2.45, 2.75) is 51.7 Å². The van der Waals surface area contributed by atoms with E-state index in [9.17, 15) is 4.79 Å². The Kier molecular flexibility index (Phi) is 2.73. The lowest BCUT2D eigenvalue weighted by Gasteiger charge is -2.24. The summed E-state index contributed by atoms with van der Waals surface area (Å²) in [6.07, 6.45) is 3.33. The van der Waals surface area contributed by atoms with Crippen LogP contribution in [0.1, 0.15) is 40.0 Å². The quantitative estimate of drug-likeness (QED) is 0.663. The van der Waals surface area contributed by atoms with Gasteiger partial charge in [0.2, 0.25) is 5.91 Å². The van der Waals surface area contributed by atoms with E-state index >= 15 is 0 Å². The Hall–Kier alpha value is -0.570. The zero-order valence-electron chi connectivity index (χ0n) is 8.11. The number of unbranched alkanes of at least 4 members (excludes halogenated alkanes) is 1. The summed E-state index contributed by atoms with van der Waals surface area (Å²) in [5.74, 6) is 0.119. The van der Waals surface area contributed by atoms with E-state index in [1.165, 1.54) is 6.42 Å². The van der Waals surface area contributed by atoms with Crippen molar-refractivity contribution in [3.8, 4) is 0 Å². The third-order valence-corrected chi connectivity index (χ3v) is 2.36. The molecular weight excluding hydrogens is 152 g/mol. The second-order valence-corrected chi connectivity index (χ2v) is 3.79. The van der Waals surface area contributed by atoms with Crippen molar-refractivity contribution >= 4 is 5.91 Å². The number of hydrogen-bond donors (Lipinski definition) is 2. The van der Waals surface area contributed by atoms with Crippen molar-refractivity contribution in [3.05, 3.63) is 0 Å². The Morgan fingerprint density at radius 1 is 1.58 bits per heavy atom. The first-order valence-electron chi connectivity index (χ1n) is 4.67. The maximum absolute atomic E-state index is 11.2. The van der Waals surface area contributed by atoms with Crippen LogP contribution in [0.4, 0.5) is 0 Å². The highest BCUT2D eigenvalue weighted by atomic mass is 16.2. The summed E-state index contributed by atoms with van der Waals surface area (Å²) in [5.41, 5.74) is -0.160. The van der Waals surface area contributed by atoms with Gasteiger partial charge in [-0.3, -0.25) is 10.1 Å². The second kappa shape index (κ2) is 3.44. The predicted octanol–water partition coefficient (Wildman–Crippen LogP) is 1.00. The first-order valence-corrected chi connectivity index (χ1v) is 4.67. The van der Waals surface area contributed by atoms with E-state index in [1.807, 2.05) is 13.8 Å². The lowest BCUT2D eigenvalue weighted by atomic mass is 10.1. The standard InChI is InChI=1S/C9H18N2O/c1-4-5-6-9(3)10-7(2)8(12)11-9/h7,10H,4-6H2,1-3H3,(H,11,12). The molecule has 1 rings (SSSR count). The highest BCUT2D eigenvalue weighted by Gasteiger charge is 2.36. The van der Waals surface area contributed by atoms with Gasteiger partial charge in [0.05, 0.1) is 11.7 Å². The second-order valence-electron chi connectivity index (χ2n) is 3.79. The molecule has 2 unspecified atom stereocenters. The SMILES string of the molecule is CCCCC1(C)NC(=O)C(C)N1. The van der Waals surface area contributed by atoms with Gasteiger partial charge < -0.3 is 5.32 Å². The number of carbonyl (C=O) groups is 1. The third kappa shape index (κ3) is 1.97. The molecule has 3 nitrogen and oxygen atoms in total. The Bertz CT molecular complexity index is 181. The maximum Gasteiger partial charge on any atom is 0.238 e. The molecule has 0 bridgehead atoms. The minimum absolute atomic E-state index is 0.0353. The molecule has 0 spiro atoms. The number of nitrogens with one attached hydrogen (secondary N) is 2. The van der Waals surface area contributed by atoms with Gasteiger partial charge in [0.1, 0.15) is 0 Å². The summed E-state index contributed by atoms with van der Waals surface area (Å²) in [6.45, 7) is 6.10. The summed E-state index contributed by atoms with van der Waals surface area (Å²) in [6, 6.07) is -0.0353. The molecule has 1 fully saturated rings. The van der Waals surface area contributed by atoms with E-state index in [-0.39, 0.29) is 17.6 Å². The van der Waals surface area contributed by atoms with Gasteiger partial charge in [-0.2, -0.15) is 0 Å². The Labute approximate surface area is 73.9 Å². The first kappa shape index (κ1) is 9.52. The van der Waals surface area contributed by atoms with Crippen LogP contribution in [0.2, 0.25) is 0 Å². The van der Waals surface area contributed by atoms with Gasteiger partial charge in [-0.25, -0.2) is 0 Å². The van der Waals surface area contributed by atoms with Gasteiger partial charge in [0.15, 0.2) is 0 Å². The third-order valence-electron chi connectivity index (χ3n) is 2.36. The molecule has 3 heteroatoms. The normalized spacial score (nSPS) is 35.2. The molecule has 1 heterocycles. The molecule has 0 saturated carbocycles. The zero-order chi connectivity index (χ0) is 9.19. The lowest BCUT2D eigenvalue weighted by Crippen LogP contribution is -2.47. The fourth-order valence-corrected chi connectivity index (χ4v) is 1.62. The van der Waals surface area contributed by atoms with Gasteiger partial charge in [-0.15, -0.1) is 0 Å². The summed E-state index contributed by atoms with van der Waals surface area (Å²) < 4.78 is 0. The average Bonchev–Trinajstić information content (AvgIpc) is 2.24. The van der Waals surface area contributed by atoms with Crippen molar-refractivity contribution in [2.75, 3.05) is 0 Å². The molecule has 0 aromatic rings. The van der Waals surface area contributed by atoms with Gasteiger partial charge in [-0.1, -0.05) is 19.8 Å². The minimum Gasteiger partial charge on any atom is -0.337 e. The van der Waals surface area contributed by atoms with Crippen molar-refractivity contribution in [1.82, 2.24) is 10.6 Å². The largest absolute Gasteiger partial charge is 0.337 e. The van der Waals surface area contributed by atoms with Crippen LogP contribution in [0.15, 0.2) is 0 Å². The van der Waals surface area contributed by atoms with E-state index in [1.54, 1.807) is 0 Å². The molecule has 2 N–H and O–H groups in total. The predicted molar refractivity (Wildman–Crippen MR) is 48.7 cm³/mol. The highest BCUT2D eigenvalue weighted by molar-refractivity contribution is 5.84. The summed E-state index contributed by atoms with van der Waals surface area (Å²) in [7, 11) is 0. The number of carbonyl (C=O) groups excluding carboxylic acids is 1. The minimum atomic E-state index is -0.160. The molecule has 1 aliphatic rings. The van der Waals surface area contributed by atoms with E-state index in [0.717, 1.165) is 12.8 Å². The van der Waals surface area contributed by atoms with Crippen LogP contribution in [0, 0.1) is 0 Å². The number of rotatable bonds is 3. The van der Waals surface area contributed by atoms with Crippen LogP contribution in [0.3, 0.4) is 0 Å². The Balaban J connectivity index is 2.46. The van der Waals surface area contributed by atoms with E-state index in [0.29, 0.717) is 0 Å². The van der Waals surface area contributed by atoms with Gasteiger partial charge in [-0.05, 0) is 20.3 Å². The number of hydrogen-bond acceptors (Lipinski definition) is 2. The molecule has 0 aromatic carbocycles. The monoisotopic (exact) mass is 170 g/mol.